The van der Waals surface area contributed by atoms with Crippen molar-refractivity contribution in [3.05, 3.63) is 0 Å². The highest BCUT2D eigenvalue weighted by molar-refractivity contribution is 8.93. The molecule has 4 heteroatoms. The highest BCUT2D eigenvalue weighted by Gasteiger charge is 2.08. The Balaban J connectivity index is 0. The van der Waals surface area contributed by atoms with Gasteiger partial charge in [0.25, 0.3) is 0 Å². The molecule has 1 amide bonds. The molecule has 13 heavy (non-hydrogen) atoms. The van der Waals surface area contributed by atoms with Gasteiger partial charge in [-0.05, 0) is 12.8 Å². The van der Waals surface area contributed by atoms with Crippen molar-refractivity contribution in [3.63, 3.8) is 0 Å². The van der Waals surface area contributed by atoms with Crippen molar-refractivity contribution < 1.29 is 9.90 Å². The molecule has 0 radical (unpaired) electrons. The molecule has 0 bridgehead atoms. The average molecular weight is 254 g/mol. The number of carbonyl (C=O) groups is 1. The van der Waals surface area contributed by atoms with Gasteiger partial charge in [-0.3, -0.25) is 0 Å². The van der Waals surface area contributed by atoms with E-state index >= 15 is 0 Å². The van der Waals surface area contributed by atoms with Crippen LogP contribution in [0.5, 0.6) is 0 Å². The van der Waals surface area contributed by atoms with Crippen LogP contribution in [0.25, 0.3) is 0 Å². The Morgan fingerprint density at radius 1 is 1.15 bits per heavy atom. The number of carboxylic acid groups (broad SMARTS) is 1. The van der Waals surface area contributed by atoms with E-state index in [2.05, 4.69) is 13.8 Å². The van der Waals surface area contributed by atoms with E-state index in [4.69, 9.17) is 5.11 Å². The van der Waals surface area contributed by atoms with Crippen molar-refractivity contribution in [1.82, 2.24) is 4.90 Å². The van der Waals surface area contributed by atoms with Crippen LogP contribution in [0.2, 0.25) is 0 Å². The topological polar surface area (TPSA) is 40.5 Å². The van der Waals surface area contributed by atoms with Gasteiger partial charge in [-0.25, -0.2) is 4.79 Å². The summed E-state index contributed by atoms with van der Waals surface area (Å²) in [5, 5.41) is 8.75. The summed E-state index contributed by atoms with van der Waals surface area (Å²) >= 11 is 0. The molecule has 0 spiro atoms. The van der Waals surface area contributed by atoms with Crippen LogP contribution in [0.3, 0.4) is 0 Å². The molecular weight excluding hydrogens is 234 g/mol. The molecule has 0 aliphatic heterocycles. The number of unbranched alkanes of at least 4 members (excludes halogenated alkanes) is 2. The summed E-state index contributed by atoms with van der Waals surface area (Å²) in [6.07, 6.45) is 3.26. The van der Waals surface area contributed by atoms with Crippen LogP contribution in [0.15, 0.2) is 0 Å². The third-order valence-corrected chi connectivity index (χ3v) is 1.83. The van der Waals surface area contributed by atoms with E-state index in [-0.39, 0.29) is 17.0 Å². The smallest absolute Gasteiger partial charge is 0.407 e. The Morgan fingerprint density at radius 3 is 1.77 bits per heavy atom. The van der Waals surface area contributed by atoms with Gasteiger partial charge in [-0.2, -0.15) is 0 Å². The van der Waals surface area contributed by atoms with Crippen LogP contribution in [0.1, 0.15) is 39.5 Å². The van der Waals surface area contributed by atoms with Crippen LogP contribution in [0, 0.1) is 0 Å². The lowest BCUT2D eigenvalue weighted by Gasteiger charge is -2.17. The van der Waals surface area contributed by atoms with E-state index in [0.717, 1.165) is 25.7 Å². The van der Waals surface area contributed by atoms with Crippen LogP contribution in [0.4, 0.5) is 4.79 Å². The van der Waals surface area contributed by atoms with Crippen LogP contribution >= 0.6 is 17.0 Å². The quantitative estimate of drug-likeness (QED) is 0.791. The van der Waals surface area contributed by atoms with Crippen LogP contribution in [-0.2, 0) is 0 Å². The molecule has 0 aliphatic rings. The molecule has 0 aromatic carbocycles. The van der Waals surface area contributed by atoms with Crippen molar-refractivity contribution in [3.8, 4) is 0 Å². The maximum atomic E-state index is 10.6. The first-order valence-electron chi connectivity index (χ1n) is 4.70. The van der Waals surface area contributed by atoms with Gasteiger partial charge in [-0.1, -0.05) is 26.7 Å². The Bertz CT molecular complexity index is 123. The largest absolute Gasteiger partial charge is 0.465 e. The number of amides is 1. The van der Waals surface area contributed by atoms with Crippen molar-refractivity contribution in [2.24, 2.45) is 0 Å². The molecule has 80 valence electrons. The summed E-state index contributed by atoms with van der Waals surface area (Å²) in [4.78, 5) is 12.1. The first-order valence-corrected chi connectivity index (χ1v) is 4.70. The summed E-state index contributed by atoms with van der Waals surface area (Å²) in [6, 6.07) is 0. The van der Waals surface area contributed by atoms with Crippen LogP contribution < -0.4 is 0 Å². The predicted octanol–water partition coefficient (Wildman–Crippen LogP) is 3.14. The van der Waals surface area contributed by atoms with E-state index in [0.29, 0.717) is 13.1 Å². The summed E-state index contributed by atoms with van der Waals surface area (Å²) in [5.74, 6) is 0. The fourth-order valence-corrected chi connectivity index (χ4v) is 1.00. The minimum Gasteiger partial charge on any atom is -0.465 e. The van der Waals surface area contributed by atoms with Gasteiger partial charge in [0.2, 0.25) is 0 Å². The van der Waals surface area contributed by atoms with Crippen LogP contribution in [-0.4, -0.2) is 29.2 Å². The van der Waals surface area contributed by atoms with E-state index in [9.17, 15) is 4.79 Å². The van der Waals surface area contributed by atoms with E-state index < -0.39 is 6.09 Å². The standard InChI is InChI=1S/C9H19NO2.BrH/c1-3-5-7-10(9(11)12)8-6-4-2;/h3-8H2,1-2H3,(H,11,12);1H. The maximum absolute atomic E-state index is 10.6. The Morgan fingerprint density at radius 2 is 1.54 bits per heavy atom. The predicted molar refractivity (Wildman–Crippen MR) is 59.7 cm³/mol. The van der Waals surface area contributed by atoms with Crippen molar-refractivity contribution in [1.29, 1.82) is 0 Å². The zero-order chi connectivity index (χ0) is 9.40. The molecule has 3 nitrogen and oxygen atoms in total. The summed E-state index contributed by atoms with van der Waals surface area (Å²) in [6.45, 7) is 5.51. The number of nitrogens with zero attached hydrogens (tertiary/aromatic N) is 1. The fraction of sp³-hybridized carbons (Fsp3) is 0.889. The molecule has 0 rings (SSSR count). The zero-order valence-corrected chi connectivity index (χ0v) is 10.2. The second-order valence-electron chi connectivity index (χ2n) is 2.98. The lowest BCUT2D eigenvalue weighted by Crippen LogP contribution is -2.31. The summed E-state index contributed by atoms with van der Waals surface area (Å²) in [7, 11) is 0. The van der Waals surface area contributed by atoms with Crippen molar-refractivity contribution >= 4 is 23.1 Å². The summed E-state index contributed by atoms with van der Waals surface area (Å²) in [5.41, 5.74) is 0. The SMILES string of the molecule is Br.CCCCN(CCCC)C(=O)O. The highest BCUT2D eigenvalue weighted by Crippen LogP contribution is 1.98. The third-order valence-electron chi connectivity index (χ3n) is 1.83. The van der Waals surface area contributed by atoms with E-state index in [1.165, 1.54) is 4.90 Å². The molecule has 1 N–H and O–H groups in total. The van der Waals surface area contributed by atoms with Crippen molar-refractivity contribution in [2.45, 2.75) is 39.5 Å². The van der Waals surface area contributed by atoms with E-state index in [1.54, 1.807) is 0 Å². The lowest BCUT2D eigenvalue weighted by atomic mass is 10.3. The van der Waals surface area contributed by atoms with Gasteiger partial charge < -0.3 is 10.0 Å². The first-order chi connectivity index (χ1) is 5.72. The first kappa shape index (κ1) is 15.2. The molecule has 0 fully saturated rings. The Labute approximate surface area is 90.9 Å². The van der Waals surface area contributed by atoms with Gasteiger partial charge in [0.05, 0.1) is 0 Å². The minimum atomic E-state index is -0.781. The third kappa shape index (κ3) is 8.09. The van der Waals surface area contributed by atoms with Gasteiger partial charge in [0.15, 0.2) is 0 Å². The van der Waals surface area contributed by atoms with Gasteiger partial charge in [-0.15, -0.1) is 17.0 Å². The number of hydrogen-bond acceptors (Lipinski definition) is 1. The molecule has 0 unspecified atom stereocenters. The lowest BCUT2D eigenvalue weighted by molar-refractivity contribution is 0.143. The minimum absolute atomic E-state index is 0. The Kier molecular flexibility index (Phi) is 11.5. The number of halogens is 1. The Hall–Kier alpha value is -0.250. The monoisotopic (exact) mass is 253 g/mol. The molecule has 0 atom stereocenters. The molecule has 0 heterocycles. The molecule has 0 saturated carbocycles. The summed E-state index contributed by atoms with van der Waals surface area (Å²) < 4.78 is 0. The maximum Gasteiger partial charge on any atom is 0.407 e. The molecule has 0 aromatic rings. The second-order valence-corrected chi connectivity index (χ2v) is 2.98. The normalized spacial score (nSPS) is 9.08. The molecule has 0 aromatic heterocycles. The molecule has 0 saturated heterocycles. The van der Waals surface area contributed by atoms with Gasteiger partial charge in [0, 0.05) is 13.1 Å². The highest BCUT2D eigenvalue weighted by atomic mass is 79.9. The second kappa shape index (κ2) is 9.84. The fourth-order valence-electron chi connectivity index (χ4n) is 1.00. The van der Waals surface area contributed by atoms with Gasteiger partial charge >= 0.3 is 6.09 Å². The number of rotatable bonds is 6. The number of hydrogen-bond donors (Lipinski definition) is 1. The van der Waals surface area contributed by atoms with E-state index in [1.807, 2.05) is 0 Å². The average Bonchev–Trinajstić information content (AvgIpc) is 2.04. The molecular formula is C9H20BrNO2. The zero-order valence-electron chi connectivity index (χ0n) is 8.45. The van der Waals surface area contributed by atoms with Crippen molar-refractivity contribution in [2.75, 3.05) is 13.1 Å². The van der Waals surface area contributed by atoms with Gasteiger partial charge in [0.1, 0.15) is 0 Å². The molecule has 0 aliphatic carbocycles.